The molecule has 0 aliphatic carbocycles. The molecule has 27 heavy (non-hydrogen) atoms. The van der Waals surface area contributed by atoms with Crippen LogP contribution in [0, 0.1) is 13.8 Å². The summed E-state index contributed by atoms with van der Waals surface area (Å²) in [5.41, 5.74) is 7.82. The van der Waals surface area contributed by atoms with Gasteiger partial charge in [0, 0.05) is 0 Å². The predicted molar refractivity (Wildman–Crippen MR) is 105 cm³/mol. The van der Waals surface area contributed by atoms with Crippen LogP contribution in [0.25, 0.3) is 10.8 Å². The van der Waals surface area contributed by atoms with Gasteiger partial charge in [0.25, 0.3) is 5.91 Å². The molecule has 0 fully saturated rings. The molecule has 0 unspecified atom stereocenters. The fourth-order valence-corrected chi connectivity index (χ4v) is 2.94. The Labute approximate surface area is 158 Å². The highest BCUT2D eigenvalue weighted by Gasteiger charge is 2.09. The molecular formula is C22H22N2O3. The van der Waals surface area contributed by atoms with Crippen LogP contribution in [0.15, 0.2) is 60.7 Å². The van der Waals surface area contributed by atoms with Gasteiger partial charge < -0.3 is 4.74 Å². The van der Waals surface area contributed by atoms with Crippen LogP contribution in [0.5, 0.6) is 5.75 Å². The number of carbonyl (C=O) groups is 2. The molecule has 2 N–H and O–H groups in total. The number of fused-ring (bicyclic) bond motifs is 1. The molecule has 5 heteroatoms. The highest BCUT2D eigenvalue weighted by atomic mass is 16.5. The number of hydrogen-bond acceptors (Lipinski definition) is 3. The van der Waals surface area contributed by atoms with Crippen LogP contribution in [-0.2, 0) is 16.0 Å². The van der Waals surface area contributed by atoms with Crippen molar-refractivity contribution < 1.29 is 14.3 Å². The van der Waals surface area contributed by atoms with E-state index in [0.717, 1.165) is 27.5 Å². The fraction of sp³-hybridized carbons (Fsp3) is 0.182. The maximum atomic E-state index is 12.2. The molecule has 2 amide bonds. The molecule has 0 saturated heterocycles. The average molecular weight is 362 g/mol. The largest absolute Gasteiger partial charge is 0.483 e. The zero-order chi connectivity index (χ0) is 19.2. The number of aryl methyl sites for hydroxylation is 2. The van der Waals surface area contributed by atoms with Crippen LogP contribution >= 0.6 is 0 Å². The zero-order valence-electron chi connectivity index (χ0n) is 15.4. The third kappa shape index (κ3) is 4.85. The third-order valence-corrected chi connectivity index (χ3v) is 4.26. The van der Waals surface area contributed by atoms with Crippen molar-refractivity contribution in [1.29, 1.82) is 0 Å². The van der Waals surface area contributed by atoms with E-state index in [-0.39, 0.29) is 18.9 Å². The van der Waals surface area contributed by atoms with Crippen molar-refractivity contribution in [2.24, 2.45) is 0 Å². The molecule has 0 spiro atoms. The summed E-state index contributed by atoms with van der Waals surface area (Å²) in [5.74, 6) is -0.0507. The first-order chi connectivity index (χ1) is 13.0. The quantitative estimate of drug-likeness (QED) is 0.685. The molecule has 0 aliphatic rings. The average Bonchev–Trinajstić information content (AvgIpc) is 2.66. The van der Waals surface area contributed by atoms with E-state index in [1.54, 1.807) is 0 Å². The van der Waals surface area contributed by atoms with E-state index in [9.17, 15) is 9.59 Å². The Balaban J connectivity index is 1.50. The molecule has 0 aromatic heterocycles. The summed E-state index contributed by atoms with van der Waals surface area (Å²) in [6, 6.07) is 19.5. The lowest BCUT2D eigenvalue weighted by molar-refractivity contribution is -0.129. The maximum Gasteiger partial charge on any atom is 0.276 e. The van der Waals surface area contributed by atoms with Gasteiger partial charge >= 0.3 is 0 Å². The van der Waals surface area contributed by atoms with Crippen molar-refractivity contribution in [1.82, 2.24) is 10.9 Å². The van der Waals surface area contributed by atoms with Crippen molar-refractivity contribution in [2.45, 2.75) is 20.3 Å². The second-order valence-corrected chi connectivity index (χ2v) is 6.47. The van der Waals surface area contributed by atoms with Gasteiger partial charge in [0.1, 0.15) is 5.75 Å². The van der Waals surface area contributed by atoms with Gasteiger partial charge in [-0.2, -0.15) is 0 Å². The summed E-state index contributed by atoms with van der Waals surface area (Å²) < 4.78 is 5.50. The number of benzene rings is 3. The van der Waals surface area contributed by atoms with Crippen LogP contribution in [0.1, 0.15) is 16.7 Å². The van der Waals surface area contributed by atoms with Gasteiger partial charge in [-0.05, 0) is 41.8 Å². The normalized spacial score (nSPS) is 10.4. The molecule has 0 atom stereocenters. The van der Waals surface area contributed by atoms with Crippen LogP contribution in [-0.4, -0.2) is 18.4 Å². The number of carbonyl (C=O) groups excluding carboxylic acids is 2. The first-order valence-electron chi connectivity index (χ1n) is 8.77. The third-order valence-electron chi connectivity index (χ3n) is 4.26. The van der Waals surface area contributed by atoms with Crippen molar-refractivity contribution in [3.63, 3.8) is 0 Å². The van der Waals surface area contributed by atoms with Gasteiger partial charge in [-0.15, -0.1) is 0 Å². The summed E-state index contributed by atoms with van der Waals surface area (Å²) in [7, 11) is 0. The first-order valence-corrected chi connectivity index (χ1v) is 8.77. The predicted octanol–water partition coefficient (Wildman–Crippen LogP) is 3.23. The molecule has 0 bridgehead atoms. The minimum Gasteiger partial charge on any atom is -0.483 e. The fourth-order valence-electron chi connectivity index (χ4n) is 2.94. The minimum absolute atomic E-state index is 0.168. The van der Waals surface area contributed by atoms with E-state index in [0.29, 0.717) is 5.75 Å². The lowest BCUT2D eigenvalue weighted by atomic mass is 10.0. The summed E-state index contributed by atoms with van der Waals surface area (Å²) in [5, 5.41) is 2.10. The van der Waals surface area contributed by atoms with Crippen LogP contribution in [0.4, 0.5) is 0 Å². The van der Waals surface area contributed by atoms with Gasteiger partial charge in [-0.3, -0.25) is 20.4 Å². The zero-order valence-corrected chi connectivity index (χ0v) is 15.4. The highest BCUT2D eigenvalue weighted by molar-refractivity contribution is 5.91. The topological polar surface area (TPSA) is 67.4 Å². The smallest absolute Gasteiger partial charge is 0.276 e. The van der Waals surface area contributed by atoms with Crippen LogP contribution < -0.4 is 15.6 Å². The molecule has 3 aromatic carbocycles. The van der Waals surface area contributed by atoms with E-state index in [1.807, 2.05) is 74.5 Å². The molecule has 3 aromatic rings. The summed E-state index contributed by atoms with van der Waals surface area (Å²) >= 11 is 0. The van der Waals surface area contributed by atoms with Crippen molar-refractivity contribution in [3.8, 4) is 5.75 Å². The SMILES string of the molecule is Cc1ccc(OCC(=O)NNC(=O)Cc2cccc3ccccc23)c(C)c1. The summed E-state index contributed by atoms with van der Waals surface area (Å²) in [6.45, 7) is 3.75. The number of hydrogen-bond donors (Lipinski definition) is 2. The van der Waals surface area contributed by atoms with Gasteiger partial charge in [-0.25, -0.2) is 0 Å². The maximum absolute atomic E-state index is 12.2. The second kappa shape index (κ2) is 8.36. The Morgan fingerprint density at radius 2 is 1.63 bits per heavy atom. The Morgan fingerprint density at radius 3 is 2.44 bits per heavy atom. The molecule has 0 radical (unpaired) electrons. The monoisotopic (exact) mass is 362 g/mol. The molecule has 0 saturated carbocycles. The number of rotatable bonds is 5. The van der Waals surface area contributed by atoms with Crippen molar-refractivity contribution in [3.05, 3.63) is 77.4 Å². The van der Waals surface area contributed by atoms with Gasteiger partial charge in [-0.1, -0.05) is 60.2 Å². The molecule has 5 nitrogen and oxygen atoms in total. The van der Waals surface area contributed by atoms with E-state index in [4.69, 9.17) is 4.74 Å². The van der Waals surface area contributed by atoms with E-state index in [1.165, 1.54) is 0 Å². The van der Waals surface area contributed by atoms with Crippen molar-refractivity contribution in [2.75, 3.05) is 6.61 Å². The summed E-state index contributed by atoms with van der Waals surface area (Å²) in [4.78, 5) is 24.1. The molecule has 3 rings (SSSR count). The number of hydrazine groups is 1. The van der Waals surface area contributed by atoms with Gasteiger partial charge in [0.15, 0.2) is 6.61 Å². The van der Waals surface area contributed by atoms with E-state index >= 15 is 0 Å². The Kier molecular flexibility index (Phi) is 5.71. The Bertz CT molecular complexity index is 977. The van der Waals surface area contributed by atoms with Gasteiger partial charge in [0.05, 0.1) is 6.42 Å². The lowest BCUT2D eigenvalue weighted by Crippen LogP contribution is -2.44. The molecule has 0 heterocycles. The molecule has 0 aliphatic heterocycles. The molecule has 138 valence electrons. The van der Waals surface area contributed by atoms with E-state index in [2.05, 4.69) is 10.9 Å². The molecular weight excluding hydrogens is 340 g/mol. The van der Waals surface area contributed by atoms with Gasteiger partial charge in [0.2, 0.25) is 5.91 Å². The standard InChI is InChI=1S/C22H22N2O3/c1-15-10-11-20(16(2)12-15)27-14-22(26)24-23-21(25)13-18-8-5-7-17-6-3-4-9-19(17)18/h3-12H,13-14H2,1-2H3,(H,23,25)(H,24,26). The minimum atomic E-state index is -0.416. The van der Waals surface area contributed by atoms with Crippen LogP contribution in [0.3, 0.4) is 0 Å². The van der Waals surface area contributed by atoms with E-state index < -0.39 is 5.91 Å². The van der Waals surface area contributed by atoms with Crippen molar-refractivity contribution >= 4 is 22.6 Å². The number of amides is 2. The summed E-state index contributed by atoms with van der Waals surface area (Å²) in [6.07, 6.45) is 0.180. The Hall–Kier alpha value is -3.34. The number of ether oxygens (including phenoxy) is 1. The second-order valence-electron chi connectivity index (χ2n) is 6.47. The first kappa shape index (κ1) is 18.5. The highest BCUT2D eigenvalue weighted by Crippen LogP contribution is 2.19. The Morgan fingerprint density at radius 1 is 0.889 bits per heavy atom. The number of nitrogens with one attached hydrogen (secondary N) is 2. The van der Waals surface area contributed by atoms with Crippen LogP contribution in [0.2, 0.25) is 0 Å². The lowest BCUT2D eigenvalue weighted by Gasteiger charge is -2.11.